The smallest absolute Gasteiger partial charge is 0.349 e. The fraction of sp³-hybridized carbons (Fsp3) is 0. The predicted molar refractivity (Wildman–Crippen MR) is 114 cm³/mol. The van der Waals surface area contributed by atoms with Crippen LogP contribution < -0.4 is 15.7 Å². The molecule has 3 aromatic carbocycles. The van der Waals surface area contributed by atoms with Gasteiger partial charge in [-0.1, -0.05) is 30.3 Å². The van der Waals surface area contributed by atoms with Gasteiger partial charge in [0, 0.05) is 11.1 Å². The Hall–Kier alpha value is -3.98. The Morgan fingerprint density at radius 2 is 1.58 bits per heavy atom. The third kappa shape index (κ3) is 4.31. The Morgan fingerprint density at radius 1 is 0.903 bits per heavy atom. The van der Waals surface area contributed by atoms with E-state index < -0.39 is 27.4 Å². The third-order valence-electron chi connectivity index (χ3n) is 4.43. The largest absolute Gasteiger partial charge is 0.422 e. The van der Waals surface area contributed by atoms with Crippen LogP contribution in [0.3, 0.4) is 0 Å². The number of carbonyl (C=O) groups excluding carboxylic acids is 1. The summed E-state index contributed by atoms with van der Waals surface area (Å²) < 4.78 is 46.0. The minimum absolute atomic E-state index is 0.126. The van der Waals surface area contributed by atoms with Crippen molar-refractivity contribution in [2.45, 2.75) is 4.90 Å². The molecule has 0 bridgehead atoms. The van der Waals surface area contributed by atoms with E-state index in [1.54, 1.807) is 24.3 Å². The first-order valence-corrected chi connectivity index (χ1v) is 10.5. The summed E-state index contributed by atoms with van der Waals surface area (Å²) in [6, 6.07) is 18.8. The van der Waals surface area contributed by atoms with E-state index >= 15 is 0 Å². The second kappa shape index (κ2) is 8.04. The molecule has 1 aromatic heterocycles. The van der Waals surface area contributed by atoms with E-state index in [1.165, 1.54) is 48.5 Å². The summed E-state index contributed by atoms with van der Waals surface area (Å²) in [5, 5.41) is 3.12. The van der Waals surface area contributed by atoms with Crippen molar-refractivity contribution < 1.29 is 22.0 Å². The van der Waals surface area contributed by atoms with Crippen LogP contribution >= 0.6 is 0 Å². The molecule has 4 aromatic rings. The first-order valence-electron chi connectivity index (χ1n) is 9.05. The highest BCUT2D eigenvalue weighted by molar-refractivity contribution is 7.92. The number of rotatable bonds is 5. The van der Waals surface area contributed by atoms with Gasteiger partial charge in [0.15, 0.2) is 0 Å². The van der Waals surface area contributed by atoms with Crippen LogP contribution in [0.15, 0.2) is 93.0 Å². The van der Waals surface area contributed by atoms with E-state index in [1.807, 2.05) is 0 Å². The first kappa shape index (κ1) is 20.3. The maximum absolute atomic E-state index is 13.7. The molecule has 1 heterocycles. The van der Waals surface area contributed by atoms with Crippen molar-refractivity contribution >= 4 is 38.3 Å². The molecule has 156 valence electrons. The first-order chi connectivity index (χ1) is 14.8. The number of hydrogen-bond acceptors (Lipinski definition) is 5. The van der Waals surface area contributed by atoms with E-state index in [4.69, 9.17) is 4.42 Å². The Kier molecular flexibility index (Phi) is 5.26. The molecular weight excluding hydrogens is 423 g/mol. The fourth-order valence-electron chi connectivity index (χ4n) is 2.88. The normalized spacial score (nSPS) is 11.3. The van der Waals surface area contributed by atoms with Crippen LogP contribution in [0.4, 0.5) is 15.8 Å². The highest BCUT2D eigenvalue weighted by atomic mass is 32.2. The Balaban J connectivity index is 1.53. The molecule has 7 nitrogen and oxygen atoms in total. The predicted octanol–water partition coefficient (Wildman–Crippen LogP) is 3.99. The van der Waals surface area contributed by atoms with Crippen molar-refractivity contribution in [3.63, 3.8) is 0 Å². The fourth-order valence-corrected chi connectivity index (χ4v) is 3.95. The number of carbonyl (C=O) groups is 1. The second-order valence-corrected chi connectivity index (χ2v) is 8.23. The number of fused-ring (bicyclic) bond motifs is 1. The van der Waals surface area contributed by atoms with Crippen LogP contribution in [0.2, 0.25) is 0 Å². The molecule has 0 atom stereocenters. The summed E-state index contributed by atoms with van der Waals surface area (Å²) in [5.74, 6) is -1.40. The van der Waals surface area contributed by atoms with E-state index in [0.717, 1.165) is 6.07 Å². The lowest BCUT2D eigenvalue weighted by Crippen LogP contribution is -2.20. The zero-order chi connectivity index (χ0) is 22.0. The van der Waals surface area contributed by atoms with Gasteiger partial charge in [0.2, 0.25) is 0 Å². The van der Waals surface area contributed by atoms with Gasteiger partial charge in [0.1, 0.15) is 17.0 Å². The molecule has 0 spiro atoms. The molecule has 9 heteroatoms. The lowest BCUT2D eigenvalue weighted by molar-refractivity contribution is 0.102. The molecule has 0 radical (unpaired) electrons. The SMILES string of the molecule is O=C(Nc1ccc(S(=O)(=O)Nc2ccccc2F)cc1)c1cc2ccccc2oc1=O. The van der Waals surface area contributed by atoms with Crippen molar-refractivity contribution in [3.8, 4) is 0 Å². The minimum atomic E-state index is -4.03. The van der Waals surface area contributed by atoms with Crippen LogP contribution in [0.5, 0.6) is 0 Å². The molecule has 0 aliphatic heterocycles. The highest BCUT2D eigenvalue weighted by Gasteiger charge is 2.17. The molecule has 0 aliphatic carbocycles. The molecule has 0 unspecified atom stereocenters. The number of para-hydroxylation sites is 2. The average molecular weight is 438 g/mol. The number of halogens is 1. The monoisotopic (exact) mass is 438 g/mol. The molecule has 1 amide bonds. The van der Waals surface area contributed by atoms with Gasteiger partial charge >= 0.3 is 5.63 Å². The zero-order valence-corrected chi connectivity index (χ0v) is 16.6. The number of anilines is 2. The number of hydrogen-bond donors (Lipinski definition) is 2. The summed E-state index contributed by atoms with van der Waals surface area (Å²) >= 11 is 0. The molecule has 0 fully saturated rings. The van der Waals surface area contributed by atoms with Gasteiger partial charge < -0.3 is 9.73 Å². The quantitative estimate of drug-likeness (QED) is 0.459. The van der Waals surface area contributed by atoms with Crippen molar-refractivity contribution in [1.82, 2.24) is 0 Å². The number of benzene rings is 3. The Morgan fingerprint density at radius 3 is 2.32 bits per heavy atom. The van der Waals surface area contributed by atoms with E-state index in [0.29, 0.717) is 11.0 Å². The van der Waals surface area contributed by atoms with Crippen molar-refractivity contribution in [3.05, 3.63) is 101 Å². The molecule has 0 saturated carbocycles. The van der Waals surface area contributed by atoms with Gasteiger partial charge in [0.05, 0.1) is 10.6 Å². The second-order valence-electron chi connectivity index (χ2n) is 6.55. The van der Waals surface area contributed by atoms with Crippen LogP contribution in [-0.2, 0) is 10.0 Å². The lowest BCUT2D eigenvalue weighted by Gasteiger charge is -2.10. The summed E-state index contributed by atoms with van der Waals surface area (Å²) in [5.41, 5.74) is -0.521. The molecule has 0 saturated heterocycles. The molecule has 4 rings (SSSR count). The van der Waals surface area contributed by atoms with Gasteiger partial charge in [-0.15, -0.1) is 0 Å². The highest BCUT2D eigenvalue weighted by Crippen LogP contribution is 2.21. The van der Waals surface area contributed by atoms with Crippen LogP contribution in [-0.4, -0.2) is 14.3 Å². The van der Waals surface area contributed by atoms with Crippen LogP contribution in [0.1, 0.15) is 10.4 Å². The van der Waals surface area contributed by atoms with Crippen molar-refractivity contribution in [1.29, 1.82) is 0 Å². The van der Waals surface area contributed by atoms with Gasteiger partial charge in [-0.3, -0.25) is 9.52 Å². The van der Waals surface area contributed by atoms with Crippen molar-refractivity contribution in [2.75, 3.05) is 10.0 Å². The molecule has 31 heavy (non-hydrogen) atoms. The van der Waals surface area contributed by atoms with Gasteiger partial charge in [0.25, 0.3) is 15.9 Å². The maximum atomic E-state index is 13.7. The third-order valence-corrected chi connectivity index (χ3v) is 5.81. The Labute approximate surface area is 176 Å². The standard InChI is InChI=1S/C22H15FN2O5S/c23-18-6-2-3-7-19(18)25-31(28,29)16-11-9-15(10-12-16)24-21(26)17-13-14-5-1-4-8-20(14)30-22(17)27/h1-13,25H,(H,24,26). The zero-order valence-electron chi connectivity index (χ0n) is 15.8. The summed E-state index contributed by atoms with van der Waals surface area (Å²) in [4.78, 5) is 24.5. The van der Waals surface area contributed by atoms with E-state index in [-0.39, 0.29) is 21.8 Å². The van der Waals surface area contributed by atoms with Gasteiger partial charge in [-0.05, 0) is 48.5 Å². The number of sulfonamides is 1. The average Bonchev–Trinajstić information content (AvgIpc) is 2.75. The molecular formula is C22H15FN2O5S. The minimum Gasteiger partial charge on any atom is -0.422 e. The molecule has 2 N–H and O–H groups in total. The lowest BCUT2D eigenvalue weighted by atomic mass is 10.1. The summed E-state index contributed by atoms with van der Waals surface area (Å²) in [7, 11) is -4.03. The van der Waals surface area contributed by atoms with Crippen molar-refractivity contribution in [2.24, 2.45) is 0 Å². The van der Waals surface area contributed by atoms with Crippen LogP contribution in [0.25, 0.3) is 11.0 Å². The van der Waals surface area contributed by atoms with E-state index in [9.17, 15) is 22.4 Å². The Bertz CT molecular complexity index is 1450. The van der Waals surface area contributed by atoms with Gasteiger partial charge in [-0.25, -0.2) is 17.6 Å². The number of nitrogens with one attached hydrogen (secondary N) is 2. The van der Waals surface area contributed by atoms with Crippen LogP contribution in [0, 0.1) is 5.82 Å². The van der Waals surface area contributed by atoms with Gasteiger partial charge in [-0.2, -0.15) is 0 Å². The summed E-state index contributed by atoms with van der Waals surface area (Å²) in [6.45, 7) is 0. The topological polar surface area (TPSA) is 105 Å². The number of amides is 1. The maximum Gasteiger partial charge on any atom is 0.349 e. The van der Waals surface area contributed by atoms with E-state index in [2.05, 4.69) is 10.0 Å². The summed E-state index contributed by atoms with van der Waals surface area (Å²) in [6.07, 6.45) is 0. The molecule has 0 aliphatic rings.